The van der Waals surface area contributed by atoms with E-state index < -0.39 is 0 Å². The molecular formula is C22H28ClN3O. The molecule has 0 aromatic heterocycles. The van der Waals surface area contributed by atoms with E-state index in [1.54, 1.807) is 0 Å². The van der Waals surface area contributed by atoms with Crippen molar-refractivity contribution in [1.82, 2.24) is 15.1 Å². The first-order valence-corrected chi connectivity index (χ1v) is 9.98. The highest BCUT2D eigenvalue weighted by molar-refractivity contribution is 6.31. The minimum atomic E-state index is -0.239. The van der Waals surface area contributed by atoms with Gasteiger partial charge in [0.05, 0.1) is 6.04 Å². The second kappa shape index (κ2) is 9.36. The number of nitrogens with one attached hydrogen (secondary N) is 1. The summed E-state index contributed by atoms with van der Waals surface area (Å²) in [7, 11) is 0. The fraction of sp³-hybridized carbons (Fsp3) is 0.409. The number of carbonyl (C=O) groups excluding carboxylic acids is 1. The predicted molar refractivity (Wildman–Crippen MR) is 111 cm³/mol. The Morgan fingerprint density at radius 2 is 1.63 bits per heavy atom. The SMILES string of the molecule is C[C@@H](N[C@H](C)c1ccccc1Cl)C(=O)N1CCN(Cc2ccccc2)CC1. The van der Waals surface area contributed by atoms with Crippen molar-refractivity contribution in [3.63, 3.8) is 0 Å². The number of nitrogens with zero attached hydrogens (tertiary/aromatic N) is 2. The average molecular weight is 386 g/mol. The maximum Gasteiger partial charge on any atom is 0.239 e. The van der Waals surface area contributed by atoms with Gasteiger partial charge in [-0.2, -0.15) is 0 Å². The summed E-state index contributed by atoms with van der Waals surface area (Å²) < 4.78 is 0. The van der Waals surface area contributed by atoms with Crippen LogP contribution in [0.1, 0.15) is 31.0 Å². The van der Waals surface area contributed by atoms with E-state index >= 15 is 0 Å². The van der Waals surface area contributed by atoms with Crippen LogP contribution in [0, 0.1) is 0 Å². The fourth-order valence-corrected chi connectivity index (χ4v) is 3.90. The first-order valence-electron chi connectivity index (χ1n) is 9.60. The molecule has 2 aromatic carbocycles. The average Bonchev–Trinajstić information content (AvgIpc) is 2.69. The van der Waals surface area contributed by atoms with Gasteiger partial charge in [-0.15, -0.1) is 0 Å². The largest absolute Gasteiger partial charge is 0.339 e. The van der Waals surface area contributed by atoms with Crippen molar-refractivity contribution < 1.29 is 4.79 Å². The zero-order chi connectivity index (χ0) is 19.2. The monoisotopic (exact) mass is 385 g/mol. The van der Waals surface area contributed by atoms with Gasteiger partial charge in [-0.1, -0.05) is 60.1 Å². The Hall–Kier alpha value is -1.88. The third-order valence-corrected chi connectivity index (χ3v) is 5.52. The van der Waals surface area contributed by atoms with Gasteiger partial charge in [0.25, 0.3) is 0 Å². The number of halogens is 1. The third kappa shape index (κ3) is 5.32. The number of benzene rings is 2. The van der Waals surface area contributed by atoms with Crippen molar-refractivity contribution >= 4 is 17.5 Å². The number of hydrogen-bond acceptors (Lipinski definition) is 3. The molecule has 5 heteroatoms. The van der Waals surface area contributed by atoms with E-state index in [1.165, 1.54) is 5.56 Å². The molecule has 0 saturated carbocycles. The molecule has 2 aromatic rings. The molecule has 1 saturated heterocycles. The lowest BCUT2D eigenvalue weighted by Crippen LogP contribution is -2.53. The Balaban J connectivity index is 1.49. The highest BCUT2D eigenvalue weighted by atomic mass is 35.5. The second-order valence-electron chi connectivity index (χ2n) is 7.22. The number of rotatable bonds is 6. The Kier molecular flexibility index (Phi) is 6.89. The van der Waals surface area contributed by atoms with E-state index in [-0.39, 0.29) is 18.0 Å². The molecule has 1 amide bonds. The smallest absolute Gasteiger partial charge is 0.239 e. The lowest BCUT2D eigenvalue weighted by molar-refractivity contribution is -0.135. The van der Waals surface area contributed by atoms with Gasteiger partial charge < -0.3 is 4.90 Å². The maximum absolute atomic E-state index is 12.8. The van der Waals surface area contributed by atoms with Crippen LogP contribution in [0.2, 0.25) is 5.02 Å². The number of carbonyl (C=O) groups is 1. The Bertz CT molecular complexity index is 744. The summed E-state index contributed by atoms with van der Waals surface area (Å²) in [6.45, 7) is 8.30. The van der Waals surface area contributed by atoms with Crippen LogP contribution in [0.5, 0.6) is 0 Å². The summed E-state index contributed by atoms with van der Waals surface area (Å²) in [5, 5.41) is 4.12. The number of amides is 1. The maximum atomic E-state index is 12.8. The van der Waals surface area contributed by atoms with Crippen molar-refractivity contribution in [3.05, 3.63) is 70.7 Å². The Morgan fingerprint density at radius 1 is 1.00 bits per heavy atom. The minimum Gasteiger partial charge on any atom is -0.339 e. The van der Waals surface area contributed by atoms with E-state index in [0.29, 0.717) is 0 Å². The molecule has 1 aliphatic rings. The Labute approximate surface area is 167 Å². The summed E-state index contributed by atoms with van der Waals surface area (Å²) in [5.74, 6) is 0.160. The van der Waals surface area contributed by atoms with E-state index in [0.717, 1.165) is 43.3 Å². The predicted octanol–water partition coefficient (Wildman–Crippen LogP) is 3.72. The van der Waals surface area contributed by atoms with Crippen molar-refractivity contribution in [2.75, 3.05) is 26.2 Å². The van der Waals surface area contributed by atoms with Crippen LogP contribution in [-0.4, -0.2) is 47.9 Å². The molecule has 0 unspecified atom stereocenters. The molecule has 0 aliphatic carbocycles. The topological polar surface area (TPSA) is 35.6 Å². The van der Waals surface area contributed by atoms with Crippen LogP contribution >= 0.6 is 11.6 Å². The molecule has 3 rings (SSSR count). The zero-order valence-corrected chi connectivity index (χ0v) is 16.8. The molecule has 1 N–H and O–H groups in total. The fourth-order valence-electron chi connectivity index (χ4n) is 3.60. The van der Waals surface area contributed by atoms with Crippen molar-refractivity contribution in [1.29, 1.82) is 0 Å². The molecule has 2 atom stereocenters. The van der Waals surface area contributed by atoms with E-state index in [2.05, 4.69) is 34.5 Å². The molecule has 0 radical (unpaired) electrons. The van der Waals surface area contributed by atoms with Crippen LogP contribution < -0.4 is 5.32 Å². The summed E-state index contributed by atoms with van der Waals surface area (Å²) in [5.41, 5.74) is 2.34. The molecule has 144 valence electrons. The van der Waals surface area contributed by atoms with Crippen LogP contribution in [0.3, 0.4) is 0 Å². The van der Waals surface area contributed by atoms with Crippen molar-refractivity contribution in [2.24, 2.45) is 0 Å². The lowest BCUT2D eigenvalue weighted by Gasteiger charge is -2.36. The molecule has 0 spiro atoms. The van der Waals surface area contributed by atoms with E-state index in [1.807, 2.05) is 49.1 Å². The first kappa shape index (κ1) is 19.9. The van der Waals surface area contributed by atoms with E-state index in [4.69, 9.17) is 11.6 Å². The van der Waals surface area contributed by atoms with Crippen LogP contribution in [0.4, 0.5) is 0 Å². The molecule has 27 heavy (non-hydrogen) atoms. The second-order valence-corrected chi connectivity index (χ2v) is 7.63. The highest BCUT2D eigenvalue weighted by Crippen LogP contribution is 2.22. The molecule has 1 heterocycles. The standard InChI is InChI=1S/C22H28ClN3O/c1-17(20-10-6-7-11-21(20)23)24-18(2)22(27)26-14-12-25(13-15-26)16-19-8-4-3-5-9-19/h3-11,17-18,24H,12-16H2,1-2H3/t17-,18-/m1/s1. The normalized spacial score (nSPS) is 17.5. The summed E-state index contributed by atoms with van der Waals surface area (Å²) >= 11 is 6.27. The van der Waals surface area contributed by atoms with Gasteiger partial charge in [0.2, 0.25) is 5.91 Å². The van der Waals surface area contributed by atoms with Crippen LogP contribution in [0.25, 0.3) is 0 Å². The van der Waals surface area contributed by atoms with Gasteiger partial charge in [-0.3, -0.25) is 15.0 Å². The molecule has 4 nitrogen and oxygen atoms in total. The van der Waals surface area contributed by atoms with Gasteiger partial charge in [-0.05, 0) is 31.0 Å². The zero-order valence-electron chi connectivity index (χ0n) is 16.1. The summed E-state index contributed by atoms with van der Waals surface area (Å²) in [6, 6.07) is 18.0. The molecule has 1 aliphatic heterocycles. The number of hydrogen-bond donors (Lipinski definition) is 1. The van der Waals surface area contributed by atoms with Crippen molar-refractivity contribution in [2.45, 2.75) is 32.5 Å². The molecular weight excluding hydrogens is 358 g/mol. The molecule has 1 fully saturated rings. The number of piperazine rings is 1. The van der Waals surface area contributed by atoms with Gasteiger partial charge in [-0.25, -0.2) is 0 Å². The van der Waals surface area contributed by atoms with Gasteiger partial charge in [0.1, 0.15) is 0 Å². The van der Waals surface area contributed by atoms with Crippen LogP contribution in [0.15, 0.2) is 54.6 Å². The summed E-state index contributed by atoms with van der Waals surface area (Å²) in [6.07, 6.45) is 0. The molecule has 0 bridgehead atoms. The van der Waals surface area contributed by atoms with E-state index in [9.17, 15) is 4.79 Å². The van der Waals surface area contributed by atoms with Gasteiger partial charge in [0.15, 0.2) is 0 Å². The van der Waals surface area contributed by atoms with Gasteiger partial charge >= 0.3 is 0 Å². The summed E-state index contributed by atoms with van der Waals surface area (Å²) in [4.78, 5) is 17.2. The minimum absolute atomic E-state index is 0.0250. The quantitative estimate of drug-likeness (QED) is 0.823. The van der Waals surface area contributed by atoms with Crippen molar-refractivity contribution in [3.8, 4) is 0 Å². The van der Waals surface area contributed by atoms with Gasteiger partial charge in [0, 0.05) is 43.8 Å². The Morgan fingerprint density at radius 3 is 2.30 bits per heavy atom. The lowest BCUT2D eigenvalue weighted by atomic mass is 10.1. The highest BCUT2D eigenvalue weighted by Gasteiger charge is 2.26. The first-order chi connectivity index (χ1) is 13.0. The third-order valence-electron chi connectivity index (χ3n) is 5.18. The van der Waals surface area contributed by atoms with Crippen LogP contribution in [-0.2, 0) is 11.3 Å².